The number of rotatable bonds is 4. The van der Waals surface area contributed by atoms with Crippen molar-refractivity contribution in [3.05, 3.63) is 74.7 Å². The second-order valence-corrected chi connectivity index (χ2v) is 7.85. The lowest BCUT2D eigenvalue weighted by Crippen LogP contribution is -2.35. The zero-order valence-electron chi connectivity index (χ0n) is 14.8. The van der Waals surface area contributed by atoms with E-state index in [1.54, 1.807) is 12.1 Å². The maximum absolute atomic E-state index is 12.6. The van der Waals surface area contributed by atoms with E-state index >= 15 is 0 Å². The molecule has 1 N–H and O–H groups in total. The Labute approximate surface area is 165 Å². The first-order chi connectivity index (χ1) is 13.1. The van der Waals surface area contributed by atoms with Crippen molar-refractivity contribution in [2.24, 2.45) is 0 Å². The van der Waals surface area contributed by atoms with Gasteiger partial charge in [-0.1, -0.05) is 40.2 Å². The van der Waals surface area contributed by atoms with Gasteiger partial charge in [-0.2, -0.15) is 0 Å². The van der Waals surface area contributed by atoms with Crippen LogP contribution in [-0.4, -0.2) is 22.0 Å². The van der Waals surface area contributed by atoms with Gasteiger partial charge in [-0.15, -0.1) is 0 Å². The van der Waals surface area contributed by atoms with E-state index in [2.05, 4.69) is 50.5 Å². The summed E-state index contributed by atoms with van der Waals surface area (Å²) < 4.78 is 2.17. The molecule has 0 aliphatic heterocycles. The third-order valence-corrected chi connectivity index (χ3v) is 5.63. The van der Waals surface area contributed by atoms with Crippen LogP contribution in [0.4, 0.5) is 0 Å². The van der Waals surface area contributed by atoms with Crippen LogP contribution in [0.25, 0.3) is 10.9 Å². The quantitative estimate of drug-likeness (QED) is 0.696. The van der Waals surface area contributed by atoms with E-state index in [-0.39, 0.29) is 18.0 Å². The zero-order chi connectivity index (χ0) is 18.8. The van der Waals surface area contributed by atoms with E-state index in [0.717, 1.165) is 23.7 Å². The van der Waals surface area contributed by atoms with Crippen molar-refractivity contribution in [3.63, 3.8) is 0 Å². The van der Waals surface area contributed by atoms with Crippen molar-refractivity contribution in [1.82, 2.24) is 14.9 Å². The van der Waals surface area contributed by atoms with E-state index in [9.17, 15) is 9.59 Å². The zero-order valence-corrected chi connectivity index (χ0v) is 16.4. The molecule has 0 saturated carbocycles. The Bertz CT molecular complexity index is 1060. The molecule has 1 atom stereocenters. The summed E-state index contributed by atoms with van der Waals surface area (Å²) in [6.45, 7) is 0.569. The van der Waals surface area contributed by atoms with Crippen LogP contribution >= 0.6 is 15.9 Å². The average Bonchev–Trinajstić information content (AvgIpc) is 2.69. The Morgan fingerprint density at radius 3 is 3.00 bits per heavy atom. The molecule has 1 aliphatic rings. The van der Waals surface area contributed by atoms with Crippen molar-refractivity contribution in [2.45, 2.75) is 31.7 Å². The number of carbonyl (C=O) groups excluding carboxylic acids is 1. The molecule has 1 heterocycles. The van der Waals surface area contributed by atoms with Gasteiger partial charge in [0.1, 0.15) is 6.54 Å². The first-order valence-corrected chi connectivity index (χ1v) is 9.90. The third kappa shape index (κ3) is 3.81. The molecule has 5 nitrogen and oxygen atoms in total. The summed E-state index contributed by atoms with van der Waals surface area (Å²) in [6, 6.07) is 13.8. The first-order valence-electron chi connectivity index (χ1n) is 9.11. The normalized spacial score (nSPS) is 16.1. The number of benzene rings is 2. The smallest absolute Gasteiger partial charge is 0.261 e. The lowest BCUT2D eigenvalue weighted by Gasteiger charge is -2.25. The number of amides is 1. The second kappa shape index (κ2) is 7.64. The number of hydrogen-bond donors (Lipinski definition) is 1. The topological polar surface area (TPSA) is 64.0 Å². The van der Waals surface area contributed by atoms with Gasteiger partial charge in [-0.3, -0.25) is 14.2 Å². The fourth-order valence-corrected chi connectivity index (χ4v) is 4.12. The van der Waals surface area contributed by atoms with E-state index in [4.69, 9.17) is 0 Å². The Balaban J connectivity index is 1.46. The molecule has 1 aliphatic carbocycles. The standard InChI is InChI=1S/C21H20BrN3O2/c22-16-8-9-19-18(10-16)21(27)25(13-24-19)12-20(26)23-11-15-6-3-5-14-4-1-2-7-17(14)15/h1-2,4,7-10,13,15H,3,5-6,11-12H2,(H,23,26)/t15-/m1/s1. The molecule has 1 aromatic heterocycles. The van der Waals surface area contributed by atoms with Crippen molar-refractivity contribution in [3.8, 4) is 0 Å². The number of nitrogens with zero attached hydrogens (tertiary/aromatic N) is 2. The monoisotopic (exact) mass is 425 g/mol. The van der Waals surface area contributed by atoms with E-state index in [0.29, 0.717) is 23.4 Å². The second-order valence-electron chi connectivity index (χ2n) is 6.93. The van der Waals surface area contributed by atoms with Crippen molar-refractivity contribution >= 4 is 32.7 Å². The highest BCUT2D eigenvalue weighted by molar-refractivity contribution is 9.10. The Morgan fingerprint density at radius 1 is 1.26 bits per heavy atom. The number of aromatic nitrogens is 2. The molecular weight excluding hydrogens is 406 g/mol. The van der Waals surface area contributed by atoms with Crippen LogP contribution < -0.4 is 10.9 Å². The van der Waals surface area contributed by atoms with Gasteiger partial charge >= 0.3 is 0 Å². The Kier molecular flexibility index (Phi) is 5.07. The summed E-state index contributed by atoms with van der Waals surface area (Å²) in [5.41, 5.74) is 3.13. The lowest BCUT2D eigenvalue weighted by atomic mass is 9.83. The summed E-state index contributed by atoms with van der Waals surface area (Å²) in [6.07, 6.45) is 4.76. The molecule has 3 aromatic rings. The number of nitrogens with one attached hydrogen (secondary N) is 1. The number of halogens is 1. The van der Waals surface area contributed by atoms with Crippen molar-refractivity contribution in [2.75, 3.05) is 6.54 Å². The SMILES string of the molecule is O=C(Cn1cnc2ccc(Br)cc2c1=O)NC[C@H]1CCCc2ccccc21. The number of fused-ring (bicyclic) bond motifs is 2. The third-order valence-electron chi connectivity index (χ3n) is 5.14. The van der Waals surface area contributed by atoms with E-state index in [1.165, 1.54) is 22.0 Å². The molecule has 0 unspecified atom stereocenters. The van der Waals surface area contributed by atoms with Crippen LogP contribution in [0.1, 0.15) is 29.9 Å². The minimum Gasteiger partial charge on any atom is -0.354 e. The fraction of sp³-hybridized carbons (Fsp3) is 0.286. The molecule has 0 bridgehead atoms. The summed E-state index contributed by atoms with van der Waals surface area (Å²) >= 11 is 3.37. The number of aryl methyl sites for hydroxylation is 1. The van der Waals surface area contributed by atoms with Gasteiger partial charge in [0.2, 0.25) is 5.91 Å². The molecule has 4 rings (SSSR count). The molecule has 1 amide bonds. The van der Waals surface area contributed by atoms with Gasteiger partial charge in [0.05, 0.1) is 17.2 Å². The maximum atomic E-state index is 12.6. The molecule has 0 saturated heterocycles. The van der Waals surface area contributed by atoms with Crippen LogP contribution in [-0.2, 0) is 17.8 Å². The predicted molar refractivity (Wildman–Crippen MR) is 109 cm³/mol. The lowest BCUT2D eigenvalue weighted by molar-refractivity contribution is -0.121. The minimum atomic E-state index is -0.209. The summed E-state index contributed by atoms with van der Waals surface area (Å²) in [5.74, 6) is 0.164. The number of carbonyl (C=O) groups is 1. The average molecular weight is 426 g/mol. The van der Waals surface area contributed by atoms with Crippen molar-refractivity contribution in [1.29, 1.82) is 0 Å². The fourth-order valence-electron chi connectivity index (χ4n) is 3.76. The van der Waals surface area contributed by atoms with Crippen LogP contribution in [0.3, 0.4) is 0 Å². The Hall–Kier alpha value is -2.47. The summed E-state index contributed by atoms with van der Waals surface area (Å²) in [7, 11) is 0. The van der Waals surface area contributed by atoms with Gasteiger partial charge < -0.3 is 5.32 Å². The Morgan fingerprint density at radius 2 is 2.11 bits per heavy atom. The minimum absolute atomic E-state index is 0.0251. The van der Waals surface area contributed by atoms with Crippen LogP contribution in [0, 0.1) is 0 Å². The van der Waals surface area contributed by atoms with Gasteiger partial charge in [0.25, 0.3) is 5.56 Å². The van der Waals surface area contributed by atoms with E-state index < -0.39 is 0 Å². The highest BCUT2D eigenvalue weighted by Crippen LogP contribution is 2.30. The molecule has 0 radical (unpaired) electrons. The summed E-state index contributed by atoms with van der Waals surface area (Å²) in [4.78, 5) is 29.3. The van der Waals surface area contributed by atoms with Crippen LogP contribution in [0.15, 0.2) is 58.1 Å². The largest absolute Gasteiger partial charge is 0.354 e. The van der Waals surface area contributed by atoms with Gasteiger partial charge in [-0.05, 0) is 48.6 Å². The van der Waals surface area contributed by atoms with Gasteiger partial charge in [0, 0.05) is 16.9 Å². The molecule has 6 heteroatoms. The highest BCUT2D eigenvalue weighted by atomic mass is 79.9. The predicted octanol–water partition coefficient (Wildman–Crippen LogP) is 3.40. The van der Waals surface area contributed by atoms with Gasteiger partial charge in [-0.25, -0.2) is 4.98 Å². The maximum Gasteiger partial charge on any atom is 0.261 e. The highest BCUT2D eigenvalue weighted by Gasteiger charge is 2.20. The summed E-state index contributed by atoms with van der Waals surface area (Å²) in [5, 5.41) is 3.49. The van der Waals surface area contributed by atoms with Crippen LogP contribution in [0.5, 0.6) is 0 Å². The van der Waals surface area contributed by atoms with E-state index in [1.807, 2.05) is 6.07 Å². The first kappa shape index (κ1) is 17.9. The molecule has 0 fully saturated rings. The molecule has 27 heavy (non-hydrogen) atoms. The van der Waals surface area contributed by atoms with Gasteiger partial charge in [0.15, 0.2) is 0 Å². The molecular formula is C21H20BrN3O2. The van der Waals surface area contributed by atoms with Crippen LogP contribution in [0.2, 0.25) is 0 Å². The molecule has 2 aromatic carbocycles. The molecule has 138 valence electrons. The van der Waals surface area contributed by atoms with Crippen molar-refractivity contribution < 1.29 is 4.79 Å². The number of hydrogen-bond acceptors (Lipinski definition) is 3. The molecule has 0 spiro atoms.